The first-order chi connectivity index (χ1) is 19.4. The number of methoxy groups -OCH3 is 1. The Morgan fingerprint density at radius 3 is 2.30 bits per heavy atom. The van der Waals surface area contributed by atoms with Gasteiger partial charge in [-0.2, -0.15) is 0 Å². The minimum absolute atomic E-state index is 0.0746. The number of esters is 1. The number of carbonyl (C=O) groups is 2. The van der Waals surface area contributed by atoms with E-state index in [1.807, 2.05) is 48.5 Å². The first-order valence-corrected chi connectivity index (χ1v) is 14.5. The van der Waals surface area contributed by atoms with Crippen molar-refractivity contribution >= 4 is 33.0 Å². The van der Waals surface area contributed by atoms with E-state index in [0.29, 0.717) is 17.4 Å². The molecule has 2 aliphatic heterocycles. The molecule has 40 heavy (non-hydrogen) atoms. The standard InChI is InChI=1S/C31H28N2O6S/c1-38-29(34)31(19-23-16-17-27(31)32(20-23)30(35)39-21-22-10-4-2-5-11-22)28-18-24-12-8-9-15-26(24)33(28)40(36,37)25-13-6-3-7-14-25/h2-18,23,27H,19-21H2,1H3/t23-,27+,31+/m0/s1. The van der Waals surface area contributed by atoms with E-state index in [0.717, 1.165) is 5.56 Å². The number of amides is 1. The van der Waals surface area contributed by atoms with Gasteiger partial charge in [-0.25, -0.2) is 17.2 Å². The number of para-hydroxylation sites is 1. The molecule has 0 N–H and O–H groups in total. The van der Waals surface area contributed by atoms with Gasteiger partial charge in [-0.05, 0) is 42.2 Å². The Balaban J connectivity index is 1.50. The normalized spacial score (nSPS) is 21.9. The maximum absolute atomic E-state index is 14.2. The summed E-state index contributed by atoms with van der Waals surface area (Å²) in [4.78, 5) is 28.9. The third kappa shape index (κ3) is 4.08. The highest BCUT2D eigenvalue weighted by Crippen LogP contribution is 2.49. The molecule has 4 aromatic rings. The van der Waals surface area contributed by atoms with Crippen molar-refractivity contribution in [3.63, 3.8) is 0 Å². The number of benzene rings is 3. The fourth-order valence-electron chi connectivity index (χ4n) is 6.02. The van der Waals surface area contributed by atoms with Gasteiger partial charge < -0.3 is 9.47 Å². The number of hydrogen-bond acceptors (Lipinski definition) is 6. The van der Waals surface area contributed by atoms with E-state index in [1.165, 1.54) is 28.1 Å². The first kappa shape index (κ1) is 25.9. The second kappa shape index (κ2) is 9.98. The molecule has 3 aromatic carbocycles. The lowest BCUT2D eigenvalue weighted by Crippen LogP contribution is -2.64. The minimum Gasteiger partial charge on any atom is -0.468 e. The van der Waals surface area contributed by atoms with Gasteiger partial charge >= 0.3 is 12.1 Å². The van der Waals surface area contributed by atoms with Gasteiger partial charge in [0.1, 0.15) is 12.0 Å². The summed E-state index contributed by atoms with van der Waals surface area (Å²) in [5, 5.41) is 0.656. The predicted molar refractivity (Wildman–Crippen MR) is 149 cm³/mol. The topological polar surface area (TPSA) is 94.9 Å². The van der Waals surface area contributed by atoms with E-state index in [9.17, 15) is 18.0 Å². The molecule has 2 bridgehead atoms. The van der Waals surface area contributed by atoms with Crippen LogP contribution in [0.25, 0.3) is 10.9 Å². The van der Waals surface area contributed by atoms with Gasteiger partial charge in [0, 0.05) is 11.9 Å². The van der Waals surface area contributed by atoms with E-state index < -0.39 is 33.5 Å². The van der Waals surface area contributed by atoms with Gasteiger partial charge in [-0.1, -0.05) is 78.9 Å². The number of fused-ring (bicyclic) bond motifs is 3. The lowest BCUT2D eigenvalue weighted by atomic mass is 9.64. The fraction of sp³-hybridized carbons (Fsp3) is 0.226. The molecule has 8 nitrogen and oxygen atoms in total. The number of hydrogen-bond donors (Lipinski definition) is 0. The minimum atomic E-state index is -4.13. The molecule has 3 atom stereocenters. The predicted octanol–water partition coefficient (Wildman–Crippen LogP) is 4.89. The van der Waals surface area contributed by atoms with Crippen molar-refractivity contribution in [2.45, 2.75) is 29.4 Å². The second-order valence-electron chi connectivity index (χ2n) is 10.1. The Labute approximate surface area is 232 Å². The summed E-state index contributed by atoms with van der Waals surface area (Å²) in [5.74, 6) is -0.820. The Hall–Kier alpha value is -4.37. The van der Waals surface area contributed by atoms with Gasteiger partial charge in [0.25, 0.3) is 10.0 Å². The highest BCUT2D eigenvalue weighted by molar-refractivity contribution is 7.90. The van der Waals surface area contributed by atoms with Crippen LogP contribution >= 0.6 is 0 Å². The van der Waals surface area contributed by atoms with E-state index in [-0.39, 0.29) is 29.5 Å². The van der Waals surface area contributed by atoms with Gasteiger partial charge in [-0.3, -0.25) is 9.69 Å². The van der Waals surface area contributed by atoms with Crippen molar-refractivity contribution in [2.24, 2.45) is 5.92 Å². The Bertz CT molecular complexity index is 1710. The molecule has 9 heteroatoms. The van der Waals surface area contributed by atoms with Gasteiger partial charge in [-0.15, -0.1) is 0 Å². The molecule has 0 spiro atoms. The zero-order valence-corrected chi connectivity index (χ0v) is 22.7. The van der Waals surface area contributed by atoms with Crippen molar-refractivity contribution < 1.29 is 27.5 Å². The molecular formula is C31H28N2O6S. The van der Waals surface area contributed by atoms with E-state index in [1.54, 1.807) is 42.5 Å². The maximum Gasteiger partial charge on any atom is 0.410 e. The smallest absolute Gasteiger partial charge is 0.410 e. The maximum atomic E-state index is 14.2. The van der Waals surface area contributed by atoms with E-state index >= 15 is 0 Å². The summed E-state index contributed by atoms with van der Waals surface area (Å²) in [6.07, 6.45) is 3.48. The summed E-state index contributed by atoms with van der Waals surface area (Å²) in [6.45, 7) is 0.421. The summed E-state index contributed by atoms with van der Waals surface area (Å²) >= 11 is 0. The zero-order valence-electron chi connectivity index (χ0n) is 21.8. The highest BCUT2D eigenvalue weighted by atomic mass is 32.2. The summed E-state index contributed by atoms with van der Waals surface area (Å²) in [5.41, 5.74) is 0.0402. The van der Waals surface area contributed by atoms with Crippen LogP contribution in [0.4, 0.5) is 4.79 Å². The quantitative estimate of drug-likeness (QED) is 0.248. The summed E-state index contributed by atoms with van der Waals surface area (Å²) < 4.78 is 40.7. The molecule has 1 aromatic heterocycles. The molecule has 204 valence electrons. The van der Waals surface area contributed by atoms with E-state index in [2.05, 4.69) is 0 Å². The van der Waals surface area contributed by atoms with Gasteiger partial charge in [0.2, 0.25) is 0 Å². The average Bonchev–Trinajstić information content (AvgIpc) is 3.41. The molecule has 1 aliphatic carbocycles. The number of ether oxygens (including phenoxy) is 2. The lowest BCUT2D eigenvalue weighted by molar-refractivity contribution is -0.153. The summed E-state index contributed by atoms with van der Waals surface area (Å²) in [7, 11) is -2.85. The molecule has 1 saturated heterocycles. The molecule has 1 fully saturated rings. The van der Waals surface area contributed by atoms with E-state index in [4.69, 9.17) is 9.47 Å². The molecule has 0 radical (unpaired) electrons. The number of aromatic nitrogens is 1. The van der Waals surface area contributed by atoms with Crippen LogP contribution in [0, 0.1) is 5.92 Å². The van der Waals surface area contributed by atoms with Crippen LogP contribution in [0.5, 0.6) is 0 Å². The Morgan fingerprint density at radius 2 is 1.60 bits per heavy atom. The van der Waals surface area contributed by atoms with Crippen LogP contribution in [0.1, 0.15) is 17.7 Å². The molecule has 0 saturated carbocycles. The molecule has 0 unspecified atom stereocenters. The van der Waals surface area contributed by atoms with Gasteiger partial charge in [0.05, 0.1) is 29.3 Å². The first-order valence-electron chi connectivity index (χ1n) is 13.0. The molecule has 1 amide bonds. The van der Waals surface area contributed by atoms with Crippen LogP contribution in [0.3, 0.4) is 0 Å². The third-order valence-corrected chi connectivity index (χ3v) is 9.56. The van der Waals surface area contributed by atoms with Crippen molar-refractivity contribution in [1.29, 1.82) is 0 Å². The summed E-state index contributed by atoms with van der Waals surface area (Å²) in [6, 6.07) is 25.5. The molecular weight excluding hydrogens is 528 g/mol. The van der Waals surface area contributed by atoms with Crippen molar-refractivity contribution in [2.75, 3.05) is 13.7 Å². The Morgan fingerprint density at radius 1 is 0.925 bits per heavy atom. The van der Waals surface area contributed by atoms with Crippen molar-refractivity contribution in [3.8, 4) is 0 Å². The monoisotopic (exact) mass is 556 g/mol. The molecule has 3 aliphatic rings. The number of nitrogens with zero attached hydrogens (tertiary/aromatic N) is 2. The largest absolute Gasteiger partial charge is 0.468 e. The highest BCUT2D eigenvalue weighted by Gasteiger charge is 2.59. The second-order valence-corrected chi connectivity index (χ2v) is 11.9. The van der Waals surface area contributed by atoms with Crippen LogP contribution in [0.2, 0.25) is 0 Å². The zero-order chi connectivity index (χ0) is 27.9. The molecule has 3 heterocycles. The van der Waals surface area contributed by atoms with Crippen molar-refractivity contribution in [1.82, 2.24) is 8.87 Å². The number of piperidine rings is 1. The fourth-order valence-corrected chi connectivity index (χ4v) is 7.64. The number of carbonyl (C=O) groups excluding carboxylic acids is 2. The van der Waals surface area contributed by atoms with Crippen LogP contribution in [0.15, 0.2) is 108 Å². The number of rotatable bonds is 6. The van der Waals surface area contributed by atoms with Crippen molar-refractivity contribution in [3.05, 3.63) is 114 Å². The van der Waals surface area contributed by atoms with Crippen LogP contribution in [-0.4, -0.2) is 49.0 Å². The van der Waals surface area contributed by atoms with Crippen LogP contribution < -0.4 is 0 Å². The lowest BCUT2D eigenvalue weighted by Gasteiger charge is -2.51. The SMILES string of the molecule is COC(=O)[C@]1(c2cc3ccccc3n2S(=O)(=O)c2ccccc2)C[C@@H]2C=C[C@H]1N(C(=O)OCc1ccccc1)C2. The van der Waals surface area contributed by atoms with Gasteiger partial charge in [0.15, 0.2) is 0 Å². The average molecular weight is 557 g/mol. The van der Waals surface area contributed by atoms with Crippen LogP contribution in [-0.2, 0) is 36.3 Å². The Kier molecular flexibility index (Phi) is 6.46. The third-order valence-electron chi connectivity index (χ3n) is 7.82. The molecule has 7 rings (SSSR count).